The molecule has 0 fully saturated rings. The van der Waals surface area contributed by atoms with Crippen LogP contribution in [0.2, 0.25) is 0 Å². The molecule has 2 heterocycles. The molecule has 0 aliphatic rings. The lowest BCUT2D eigenvalue weighted by atomic mass is 10.2. The minimum Gasteiger partial charge on any atom is -0.362 e. The molecule has 124 valence electrons. The van der Waals surface area contributed by atoms with Gasteiger partial charge in [-0.3, -0.25) is 0 Å². The Bertz CT molecular complexity index is 887. The fraction of sp³-hybridized carbons (Fsp3) is 0.176. The third kappa shape index (κ3) is 3.68. The van der Waals surface area contributed by atoms with E-state index < -0.39 is 0 Å². The molecule has 1 atom stereocenters. The Kier molecular flexibility index (Phi) is 5.02. The second kappa shape index (κ2) is 7.20. The number of benzene rings is 1. The molecule has 24 heavy (non-hydrogen) atoms. The van der Waals surface area contributed by atoms with E-state index in [2.05, 4.69) is 15.4 Å². The van der Waals surface area contributed by atoms with Crippen LogP contribution >= 0.6 is 23.2 Å². The van der Waals surface area contributed by atoms with Crippen molar-refractivity contribution in [2.75, 3.05) is 5.32 Å². The van der Waals surface area contributed by atoms with E-state index in [1.807, 2.05) is 19.1 Å². The van der Waals surface area contributed by atoms with Crippen LogP contribution in [0.3, 0.4) is 0 Å². The average Bonchev–Trinajstić information content (AvgIpc) is 2.87. The smallest absolute Gasteiger partial charge is 0.160 e. The zero-order valence-electron chi connectivity index (χ0n) is 12.9. The van der Waals surface area contributed by atoms with E-state index in [0.717, 1.165) is 5.39 Å². The zero-order valence-corrected chi connectivity index (χ0v) is 14.4. The summed E-state index contributed by atoms with van der Waals surface area (Å²) in [5, 5.41) is 8.61. The minimum absolute atomic E-state index is 0.116. The summed E-state index contributed by atoms with van der Waals surface area (Å²) >= 11 is 11.4. The van der Waals surface area contributed by atoms with Gasteiger partial charge in [0.15, 0.2) is 11.5 Å². The molecule has 0 radical (unpaired) electrons. The first-order valence-corrected chi connectivity index (χ1v) is 8.14. The van der Waals surface area contributed by atoms with Crippen LogP contribution in [0.4, 0.5) is 10.2 Å². The van der Waals surface area contributed by atoms with E-state index in [4.69, 9.17) is 23.2 Å². The molecular formula is C17H15Cl2FN4. The summed E-state index contributed by atoms with van der Waals surface area (Å²) in [4.78, 5) is 4.37. The molecule has 1 N–H and O–H groups in total. The van der Waals surface area contributed by atoms with E-state index in [0.29, 0.717) is 23.6 Å². The highest BCUT2D eigenvalue weighted by Crippen LogP contribution is 2.23. The molecule has 7 heteroatoms. The molecule has 0 saturated carbocycles. The van der Waals surface area contributed by atoms with Gasteiger partial charge in [0, 0.05) is 17.8 Å². The Morgan fingerprint density at radius 3 is 2.83 bits per heavy atom. The summed E-state index contributed by atoms with van der Waals surface area (Å²) in [5.74, 6) is 0.379. The lowest BCUT2D eigenvalue weighted by Gasteiger charge is -2.08. The molecule has 0 saturated heterocycles. The second-order valence-electron chi connectivity index (χ2n) is 5.36. The Hall–Kier alpha value is -2.11. The zero-order chi connectivity index (χ0) is 17.1. The van der Waals surface area contributed by atoms with Gasteiger partial charge in [-0.05, 0) is 31.2 Å². The van der Waals surface area contributed by atoms with Crippen molar-refractivity contribution in [3.63, 3.8) is 0 Å². The van der Waals surface area contributed by atoms with Crippen molar-refractivity contribution in [1.29, 1.82) is 0 Å². The van der Waals surface area contributed by atoms with Crippen LogP contribution in [0.1, 0.15) is 12.5 Å². The summed E-state index contributed by atoms with van der Waals surface area (Å²) in [6, 6.07) is 10.3. The SMILES string of the molecule is CC(C=C(Cl)Cl)Nc1nn(Cc2ccccc2F)c2ncccc12. The molecule has 0 aliphatic carbocycles. The van der Waals surface area contributed by atoms with Gasteiger partial charge >= 0.3 is 0 Å². The van der Waals surface area contributed by atoms with E-state index in [1.165, 1.54) is 6.07 Å². The first kappa shape index (κ1) is 16.7. The Balaban J connectivity index is 1.97. The summed E-state index contributed by atoms with van der Waals surface area (Å²) in [7, 11) is 0. The number of rotatable bonds is 5. The standard InChI is InChI=1S/C17H15Cl2FN4/c1-11(9-15(18)19)22-16-13-6-4-8-21-17(13)24(23-16)10-12-5-2-3-7-14(12)20/h2-9,11H,10H2,1H3,(H,22,23). The van der Waals surface area contributed by atoms with Crippen molar-refractivity contribution in [2.45, 2.75) is 19.5 Å². The maximum atomic E-state index is 13.9. The highest BCUT2D eigenvalue weighted by Gasteiger charge is 2.14. The van der Waals surface area contributed by atoms with E-state index in [-0.39, 0.29) is 16.4 Å². The monoisotopic (exact) mass is 364 g/mol. The third-order valence-corrected chi connectivity index (χ3v) is 3.78. The fourth-order valence-corrected chi connectivity index (χ4v) is 2.84. The molecule has 0 aliphatic heterocycles. The highest BCUT2D eigenvalue weighted by atomic mass is 35.5. The van der Waals surface area contributed by atoms with E-state index in [9.17, 15) is 4.39 Å². The minimum atomic E-state index is -0.267. The molecule has 1 unspecified atom stereocenters. The Labute approximate surface area is 148 Å². The van der Waals surface area contributed by atoms with Gasteiger partial charge in [0.05, 0.1) is 11.9 Å². The van der Waals surface area contributed by atoms with Gasteiger partial charge in [-0.15, -0.1) is 0 Å². The number of nitrogens with one attached hydrogen (secondary N) is 1. The van der Waals surface area contributed by atoms with Crippen LogP contribution in [0.25, 0.3) is 11.0 Å². The number of nitrogens with zero attached hydrogens (tertiary/aromatic N) is 3. The molecule has 3 rings (SSSR count). The average molecular weight is 365 g/mol. The van der Waals surface area contributed by atoms with Crippen molar-refractivity contribution < 1.29 is 4.39 Å². The largest absolute Gasteiger partial charge is 0.362 e. The van der Waals surface area contributed by atoms with Crippen LogP contribution in [0, 0.1) is 5.82 Å². The number of hydrogen-bond donors (Lipinski definition) is 1. The number of fused-ring (bicyclic) bond motifs is 1. The molecule has 3 aromatic rings. The topological polar surface area (TPSA) is 42.7 Å². The fourth-order valence-electron chi connectivity index (χ4n) is 2.46. The number of halogens is 3. The quantitative estimate of drug-likeness (QED) is 0.710. The van der Waals surface area contributed by atoms with Crippen molar-refractivity contribution in [3.8, 4) is 0 Å². The predicted octanol–water partition coefficient (Wildman–Crippen LogP) is 4.74. The summed E-state index contributed by atoms with van der Waals surface area (Å²) < 4.78 is 15.8. The molecular weight excluding hydrogens is 350 g/mol. The van der Waals surface area contributed by atoms with Crippen molar-refractivity contribution in [3.05, 3.63) is 64.5 Å². The molecule has 0 bridgehead atoms. The van der Waals surface area contributed by atoms with Crippen LogP contribution in [0.15, 0.2) is 53.2 Å². The Morgan fingerprint density at radius 2 is 2.08 bits per heavy atom. The summed E-state index contributed by atoms with van der Waals surface area (Å²) in [5.41, 5.74) is 1.23. The number of anilines is 1. The lowest BCUT2D eigenvalue weighted by Crippen LogP contribution is -2.13. The van der Waals surface area contributed by atoms with E-state index >= 15 is 0 Å². The van der Waals surface area contributed by atoms with Crippen LogP contribution in [-0.2, 0) is 6.54 Å². The number of hydrogen-bond acceptors (Lipinski definition) is 3. The van der Waals surface area contributed by atoms with Gasteiger partial charge in [0.25, 0.3) is 0 Å². The molecule has 4 nitrogen and oxygen atoms in total. The maximum absolute atomic E-state index is 13.9. The van der Waals surface area contributed by atoms with Crippen molar-refractivity contribution in [2.24, 2.45) is 0 Å². The summed E-state index contributed by atoms with van der Waals surface area (Å²) in [6.07, 6.45) is 3.35. The van der Waals surface area contributed by atoms with Crippen LogP contribution in [0.5, 0.6) is 0 Å². The molecule has 1 aromatic carbocycles. The van der Waals surface area contributed by atoms with Gasteiger partial charge in [-0.1, -0.05) is 41.4 Å². The normalized spacial score (nSPS) is 12.2. The van der Waals surface area contributed by atoms with Crippen molar-refractivity contribution in [1.82, 2.24) is 14.8 Å². The van der Waals surface area contributed by atoms with Gasteiger partial charge in [0.2, 0.25) is 0 Å². The van der Waals surface area contributed by atoms with Crippen LogP contribution < -0.4 is 5.32 Å². The first-order chi connectivity index (χ1) is 11.5. The first-order valence-electron chi connectivity index (χ1n) is 7.39. The van der Waals surface area contributed by atoms with Crippen molar-refractivity contribution >= 4 is 40.1 Å². The lowest BCUT2D eigenvalue weighted by molar-refractivity contribution is 0.589. The molecule has 0 spiro atoms. The predicted molar refractivity (Wildman–Crippen MR) is 95.9 cm³/mol. The van der Waals surface area contributed by atoms with Gasteiger partial charge < -0.3 is 5.32 Å². The second-order valence-corrected chi connectivity index (χ2v) is 6.37. The molecule has 2 aromatic heterocycles. The number of pyridine rings is 1. The highest BCUT2D eigenvalue weighted by molar-refractivity contribution is 6.55. The van der Waals surface area contributed by atoms with Gasteiger partial charge in [-0.25, -0.2) is 14.1 Å². The Morgan fingerprint density at radius 1 is 1.29 bits per heavy atom. The maximum Gasteiger partial charge on any atom is 0.160 e. The number of aromatic nitrogens is 3. The molecule has 0 amide bonds. The van der Waals surface area contributed by atoms with Gasteiger partial charge in [0.1, 0.15) is 10.3 Å². The van der Waals surface area contributed by atoms with Gasteiger partial charge in [-0.2, -0.15) is 5.10 Å². The third-order valence-electron chi connectivity index (χ3n) is 3.53. The summed E-state index contributed by atoms with van der Waals surface area (Å²) in [6.45, 7) is 2.20. The van der Waals surface area contributed by atoms with E-state index in [1.54, 1.807) is 35.2 Å². The van der Waals surface area contributed by atoms with Crippen LogP contribution in [-0.4, -0.2) is 20.8 Å².